The Morgan fingerprint density at radius 3 is 2.73 bits per heavy atom. The molecule has 0 fully saturated rings. The zero-order chi connectivity index (χ0) is 8.10. The van der Waals surface area contributed by atoms with Crippen molar-refractivity contribution in [3.8, 4) is 0 Å². The largest absolute Gasteiger partial charge is 0.295 e. The number of rotatable bonds is 3. The molecular formula is C10H14O. The quantitative estimate of drug-likeness (QED) is 0.446. The van der Waals surface area contributed by atoms with E-state index in [1.54, 1.807) is 6.08 Å². The maximum Gasteiger partial charge on any atom is 0.155 e. The molecule has 0 amide bonds. The molecule has 0 saturated heterocycles. The van der Waals surface area contributed by atoms with Crippen molar-refractivity contribution in [2.45, 2.75) is 26.2 Å². The average Bonchev–Trinajstić information content (AvgIpc) is 2.40. The van der Waals surface area contributed by atoms with Crippen LogP contribution in [-0.2, 0) is 4.79 Å². The van der Waals surface area contributed by atoms with Gasteiger partial charge in [-0.05, 0) is 31.8 Å². The highest BCUT2D eigenvalue weighted by Gasteiger charge is 2.12. The van der Waals surface area contributed by atoms with Crippen LogP contribution < -0.4 is 0 Å². The molecule has 1 heteroatoms. The number of carbonyl (C=O) groups excluding carboxylic acids is 1. The van der Waals surface area contributed by atoms with Gasteiger partial charge in [-0.1, -0.05) is 18.2 Å². The summed E-state index contributed by atoms with van der Waals surface area (Å²) < 4.78 is 0. The van der Waals surface area contributed by atoms with Gasteiger partial charge in [0.1, 0.15) is 0 Å². The predicted molar refractivity (Wildman–Crippen MR) is 46.3 cm³/mol. The molecule has 1 aliphatic rings. The van der Waals surface area contributed by atoms with E-state index in [1.165, 1.54) is 0 Å². The highest BCUT2D eigenvalue weighted by atomic mass is 16.1. The van der Waals surface area contributed by atoms with Crippen molar-refractivity contribution in [3.05, 3.63) is 24.3 Å². The predicted octanol–water partition coefficient (Wildman–Crippen LogP) is 2.49. The second-order valence-electron chi connectivity index (χ2n) is 2.98. The fourth-order valence-electron chi connectivity index (χ4n) is 1.38. The molecule has 0 aliphatic heterocycles. The molecule has 0 radical (unpaired) electrons. The summed E-state index contributed by atoms with van der Waals surface area (Å²) in [5.41, 5.74) is 0. The Bertz CT molecular complexity index is 181. The molecule has 0 saturated carbocycles. The van der Waals surface area contributed by atoms with E-state index in [0.717, 1.165) is 19.3 Å². The van der Waals surface area contributed by atoms with Gasteiger partial charge < -0.3 is 0 Å². The monoisotopic (exact) mass is 150 g/mol. The highest BCUT2D eigenvalue weighted by molar-refractivity contribution is 5.89. The van der Waals surface area contributed by atoms with Crippen LogP contribution in [0.25, 0.3) is 0 Å². The summed E-state index contributed by atoms with van der Waals surface area (Å²) in [6.45, 7) is 1.88. The van der Waals surface area contributed by atoms with Crippen LogP contribution in [0.5, 0.6) is 0 Å². The molecule has 0 aromatic rings. The minimum Gasteiger partial charge on any atom is -0.295 e. The number of hydrogen-bond acceptors (Lipinski definition) is 1. The van der Waals surface area contributed by atoms with E-state index in [9.17, 15) is 4.79 Å². The fourth-order valence-corrected chi connectivity index (χ4v) is 1.38. The third-order valence-corrected chi connectivity index (χ3v) is 1.95. The van der Waals surface area contributed by atoms with Gasteiger partial charge in [0.25, 0.3) is 0 Å². The number of allylic oxidation sites excluding steroid dienone is 4. The summed E-state index contributed by atoms with van der Waals surface area (Å²) in [5.74, 6) is 0.847. The molecule has 11 heavy (non-hydrogen) atoms. The normalized spacial score (nSPS) is 18.3. The van der Waals surface area contributed by atoms with E-state index in [4.69, 9.17) is 0 Å². The molecule has 0 aromatic carbocycles. The lowest BCUT2D eigenvalue weighted by atomic mass is 10.0. The summed E-state index contributed by atoms with van der Waals surface area (Å²) in [7, 11) is 0. The van der Waals surface area contributed by atoms with E-state index in [1.807, 2.05) is 13.0 Å². The summed E-state index contributed by atoms with van der Waals surface area (Å²) in [6.07, 6.45) is 10.7. The lowest BCUT2D eigenvalue weighted by Gasteiger charge is -2.03. The Balaban J connectivity index is 2.25. The van der Waals surface area contributed by atoms with Crippen LogP contribution in [0, 0.1) is 5.92 Å². The Morgan fingerprint density at radius 2 is 2.18 bits per heavy atom. The first-order valence-electron chi connectivity index (χ1n) is 4.13. The van der Waals surface area contributed by atoms with E-state index in [-0.39, 0.29) is 5.78 Å². The van der Waals surface area contributed by atoms with Crippen molar-refractivity contribution in [2.24, 2.45) is 5.92 Å². The van der Waals surface area contributed by atoms with Gasteiger partial charge in [0, 0.05) is 6.42 Å². The summed E-state index contributed by atoms with van der Waals surface area (Å²) >= 11 is 0. The van der Waals surface area contributed by atoms with Crippen molar-refractivity contribution < 1.29 is 4.79 Å². The topological polar surface area (TPSA) is 17.1 Å². The van der Waals surface area contributed by atoms with Crippen LogP contribution in [-0.4, -0.2) is 5.78 Å². The molecular weight excluding hydrogens is 136 g/mol. The number of carbonyl (C=O) groups is 1. The lowest BCUT2D eigenvalue weighted by Crippen LogP contribution is -2.02. The third kappa shape index (κ3) is 2.71. The molecule has 1 nitrogen and oxygen atoms in total. The Morgan fingerprint density at radius 1 is 1.55 bits per heavy atom. The fraction of sp³-hybridized carbons (Fsp3) is 0.500. The van der Waals surface area contributed by atoms with Crippen molar-refractivity contribution in [3.63, 3.8) is 0 Å². The summed E-state index contributed by atoms with van der Waals surface area (Å²) in [5, 5.41) is 0. The van der Waals surface area contributed by atoms with Crippen molar-refractivity contribution >= 4 is 5.78 Å². The second kappa shape index (κ2) is 4.12. The zero-order valence-corrected chi connectivity index (χ0v) is 6.92. The zero-order valence-electron chi connectivity index (χ0n) is 6.92. The molecule has 0 atom stereocenters. The smallest absolute Gasteiger partial charge is 0.155 e. The first-order valence-corrected chi connectivity index (χ1v) is 4.13. The number of hydrogen-bond donors (Lipinski definition) is 0. The van der Waals surface area contributed by atoms with Gasteiger partial charge >= 0.3 is 0 Å². The Kier molecular flexibility index (Phi) is 3.09. The van der Waals surface area contributed by atoms with Gasteiger partial charge in [-0.2, -0.15) is 0 Å². The van der Waals surface area contributed by atoms with Crippen LogP contribution >= 0.6 is 0 Å². The molecule has 0 spiro atoms. The molecule has 0 N–H and O–H groups in total. The SMILES string of the molecule is C/C=C/C(=O)CC1CC=CC1. The van der Waals surface area contributed by atoms with Crippen LogP contribution in [0.15, 0.2) is 24.3 Å². The minimum atomic E-state index is 0.265. The van der Waals surface area contributed by atoms with Crippen molar-refractivity contribution in [1.82, 2.24) is 0 Å². The van der Waals surface area contributed by atoms with Crippen LogP contribution in [0.2, 0.25) is 0 Å². The van der Waals surface area contributed by atoms with Gasteiger partial charge in [0.15, 0.2) is 5.78 Å². The molecule has 0 heterocycles. The van der Waals surface area contributed by atoms with E-state index < -0.39 is 0 Å². The van der Waals surface area contributed by atoms with Crippen LogP contribution in [0.4, 0.5) is 0 Å². The van der Waals surface area contributed by atoms with Crippen LogP contribution in [0.1, 0.15) is 26.2 Å². The number of ketones is 1. The highest BCUT2D eigenvalue weighted by Crippen LogP contribution is 2.21. The molecule has 60 valence electrons. The first-order chi connectivity index (χ1) is 5.33. The lowest BCUT2D eigenvalue weighted by molar-refractivity contribution is -0.115. The molecule has 1 rings (SSSR count). The Labute approximate surface area is 67.8 Å². The van der Waals surface area contributed by atoms with E-state index >= 15 is 0 Å². The third-order valence-electron chi connectivity index (χ3n) is 1.95. The van der Waals surface area contributed by atoms with Gasteiger partial charge in [-0.15, -0.1) is 0 Å². The minimum absolute atomic E-state index is 0.265. The van der Waals surface area contributed by atoms with Gasteiger partial charge in [-0.3, -0.25) is 4.79 Å². The second-order valence-corrected chi connectivity index (χ2v) is 2.98. The summed E-state index contributed by atoms with van der Waals surface area (Å²) in [4.78, 5) is 11.1. The average molecular weight is 150 g/mol. The molecule has 1 aliphatic carbocycles. The van der Waals surface area contributed by atoms with Gasteiger partial charge in [-0.25, -0.2) is 0 Å². The maximum atomic E-state index is 11.1. The van der Waals surface area contributed by atoms with Gasteiger partial charge in [0.2, 0.25) is 0 Å². The van der Waals surface area contributed by atoms with Crippen molar-refractivity contribution in [2.75, 3.05) is 0 Å². The molecule has 0 bridgehead atoms. The van der Waals surface area contributed by atoms with E-state index in [2.05, 4.69) is 12.2 Å². The molecule has 0 aromatic heterocycles. The van der Waals surface area contributed by atoms with Crippen molar-refractivity contribution in [1.29, 1.82) is 0 Å². The molecule has 0 unspecified atom stereocenters. The Hall–Kier alpha value is -0.850. The standard InChI is InChI=1S/C10H14O/c1-2-5-10(11)8-9-6-3-4-7-9/h2-5,9H,6-8H2,1H3/b5-2+. The summed E-state index contributed by atoms with van der Waals surface area (Å²) in [6, 6.07) is 0. The first kappa shape index (κ1) is 8.25. The van der Waals surface area contributed by atoms with E-state index in [0.29, 0.717) is 5.92 Å². The van der Waals surface area contributed by atoms with Crippen LogP contribution in [0.3, 0.4) is 0 Å². The maximum absolute atomic E-state index is 11.1. The van der Waals surface area contributed by atoms with Gasteiger partial charge in [0.05, 0.1) is 0 Å².